The van der Waals surface area contributed by atoms with Gasteiger partial charge >= 0.3 is 0 Å². The van der Waals surface area contributed by atoms with Crippen LogP contribution in [0.25, 0.3) is 0 Å². The molecule has 2 rings (SSSR count). The molecule has 3 nitrogen and oxygen atoms in total. The highest BCUT2D eigenvalue weighted by Gasteiger charge is 2.26. The van der Waals surface area contributed by atoms with Crippen molar-refractivity contribution in [1.29, 1.82) is 0 Å². The van der Waals surface area contributed by atoms with Gasteiger partial charge in [0.2, 0.25) is 0 Å². The molecular formula is C15H15Cl2NO2S. The predicted molar refractivity (Wildman–Crippen MR) is 87.8 cm³/mol. The van der Waals surface area contributed by atoms with Crippen molar-refractivity contribution in [3.05, 3.63) is 58.1 Å². The molecule has 0 radical (unpaired) electrons. The van der Waals surface area contributed by atoms with Crippen LogP contribution in [0.4, 0.5) is 5.69 Å². The molecule has 0 spiro atoms. The first-order chi connectivity index (χ1) is 9.86. The summed E-state index contributed by atoms with van der Waals surface area (Å²) in [6.07, 6.45) is 0. The van der Waals surface area contributed by atoms with Gasteiger partial charge in [-0.2, -0.15) is 0 Å². The third kappa shape index (κ3) is 3.34. The fourth-order valence-electron chi connectivity index (χ4n) is 2.08. The average Bonchev–Trinajstić information content (AvgIpc) is 2.38. The quantitative estimate of drug-likeness (QED) is 0.818. The van der Waals surface area contributed by atoms with Gasteiger partial charge in [0.25, 0.3) is 10.0 Å². The summed E-state index contributed by atoms with van der Waals surface area (Å²) in [4.78, 5) is 0.0527. The lowest BCUT2D eigenvalue weighted by Crippen LogP contribution is -2.31. The average molecular weight is 344 g/mol. The van der Waals surface area contributed by atoms with Crippen molar-refractivity contribution in [2.75, 3.05) is 10.8 Å². The number of nitrogens with zero attached hydrogens (tertiary/aromatic N) is 1. The summed E-state index contributed by atoms with van der Waals surface area (Å²) in [5.74, 6) is 0. The van der Waals surface area contributed by atoms with E-state index in [1.54, 1.807) is 13.0 Å². The van der Waals surface area contributed by atoms with Gasteiger partial charge in [-0.15, -0.1) is 0 Å². The van der Waals surface area contributed by atoms with E-state index < -0.39 is 10.0 Å². The van der Waals surface area contributed by atoms with Crippen LogP contribution in [0.3, 0.4) is 0 Å². The maximum atomic E-state index is 12.8. The number of benzene rings is 2. The highest BCUT2D eigenvalue weighted by atomic mass is 35.5. The number of rotatable bonds is 4. The van der Waals surface area contributed by atoms with Gasteiger partial charge in [0.05, 0.1) is 10.7 Å². The second-order valence-electron chi connectivity index (χ2n) is 4.58. The summed E-state index contributed by atoms with van der Waals surface area (Å²) in [5, 5.41) is 0.520. The van der Waals surface area contributed by atoms with Crippen molar-refractivity contribution in [2.45, 2.75) is 18.7 Å². The van der Waals surface area contributed by atoms with Gasteiger partial charge in [-0.05, 0) is 49.7 Å². The number of hydrogen-bond acceptors (Lipinski definition) is 2. The smallest absolute Gasteiger partial charge is 0.265 e. The van der Waals surface area contributed by atoms with Crippen LogP contribution in [0.1, 0.15) is 12.5 Å². The Balaban J connectivity index is 2.54. The lowest BCUT2D eigenvalue weighted by molar-refractivity contribution is 0.592. The van der Waals surface area contributed by atoms with E-state index >= 15 is 0 Å². The number of halogens is 2. The van der Waals surface area contributed by atoms with Crippen LogP contribution in [-0.2, 0) is 10.0 Å². The van der Waals surface area contributed by atoms with E-state index in [2.05, 4.69) is 0 Å². The minimum atomic E-state index is -3.73. The fraction of sp³-hybridized carbons (Fsp3) is 0.200. The van der Waals surface area contributed by atoms with E-state index in [0.29, 0.717) is 17.3 Å². The molecule has 6 heteroatoms. The molecule has 0 fully saturated rings. The second kappa shape index (κ2) is 6.26. The summed E-state index contributed by atoms with van der Waals surface area (Å²) in [6, 6.07) is 11.7. The summed E-state index contributed by atoms with van der Waals surface area (Å²) in [6.45, 7) is 4.01. The zero-order valence-electron chi connectivity index (χ0n) is 11.7. The molecule has 0 aromatic heterocycles. The molecule has 0 saturated heterocycles. The van der Waals surface area contributed by atoms with Gasteiger partial charge in [0, 0.05) is 11.6 Å². The zero-order valence-corrected chi connectivity index (χ0v) is 14.0. The Morgan fingerprint density at radius 3 is 2.38 bits per heavy atom. The van der Waals surface area contributed by atoms with E-state index in [-0.39, 0.29) is 9.92 Å². The van der Waals surface area contributed by atoms with Gasteiger partial charge in [-0.3, -0.25) is 4.31 Å². The standard InChI is InChI=1S/C15H15Cl2NO2S/c1-3-18(13-6-4-5-11(2)9-13)21(19,20)15-8-7-12(16)10-14(15)17/h4-10H,3H2,1-2H3. The monoisotopic (exact) mass is 343 g/mol. The largest absolute Gasteiger partial charge is 0.267 e. The van der Waals surface area contributed by atoms with Crippen molar-refractivity contribution >= 4 is 38.9 Å². The zero-order chi connectivity index (χ0) is 15.6. The van der Waals surface area contributed by atoms with E-state index in [0.717, 1.165) is 5.56 Å². The Hall–Kier alpha value is -1.23. The molecule has 2 aromatic carbocycles. The Kier molecular flexibility index (Phi) is 4.81. The molecule has 0 saturated carbocycles. The first kappa shape index (κ1) is 16.1. The Morgan fingerprint density at radius 2 is 1.81 bits per heavy atom. The summed E-state index contributed by atoms with van der Waals surface area (Å²) >= 11 is 11.9. The van der Waals surface area contributed by atoms with Crippen LogP contribution in [0.2, 0.25) is 10.0 Å². The molecule has 21 heavy (non-hydrogen) atoms. The summed E-state index contributed by atoms with van der Waals surface area (Å²) in [5.41, 5.74) is 1.60. The van der Waals surface area contributed by atoms with Crippen molar-refractivity contribution in [1.82, 2.24) is 0 Å². The molecule has 0 aliphatic carbocycles. The maximum Gasteiger partial charge on any atom is 0.265 e. The third-order valence-electron chi connectivity index (χ3n) is 3.04. The van der Waals surface area contributed by atoms with Gasteiger partial charge in [-0.25, -0.2) is 8.42 Å². The van der Waals surface area contributed by atoms with E-state index in [9.17, 15) is 8.42 Å². The van der Waals surface area contributed by atoms with Crippen molar-refractivity contribution in [3.8, 4) is 0 Å². The van der Waals surface area contributed by atoms with Crippen LogP contribution < -0.4 is 4.31 Å². The number of sulfonamides is 1. The molecule has 0 amide bonds. The minimum absolute atomic E-state index is 0.0527. The SMILES string of the molecule is CCN(c1cccc(C)c1)S(=O)(=O)c1ccc(Cl)cc1Cl. The third-order valence-corrected chi connectivity index (χ3v) is 5.66. The Morgan fingerprint density at radius 1 is 1.10 bits per heavy atom. The van der Waals surface area contributed by atoms with Gasteiger partial charge < -0.3 is 0 Å². The Bertz CT molecular complexity index is 760. The fourth-order valence-corrected chi connectivity index (χ4v) is 4.29. The molecule has 0 unspecified atom stereocenters. The van der Waals surface area contributed by atoms with Gasteiger partial charge in [-0.1, -0.05) is 35.3 Å². The second-order valence-corrected chi connectivity index (χ2v) is 7.26. The van der Waals surface area contributed by atoms with Crippen LogP contribution in [-0.4, -0.2) is 15.0 Å². The lowest BCUT2D eigenvalue weighted by atomic mass is 10.2. The van der Waals surface area contributed by atoms with Gasteiger partial charge in [0.15, 0.2) is 0 Å². The normalized spacial score (nSPS) is 11.4. The van der Waals surface area contributed by atoms with Crippen molar-refractivity contribution < 1.29 is 8.42 Å². The molecule has 0 atom stereocenters. The van der Waals surface area contributed by atoms with Gasteiger partial charge in [0.1, 0.15) is 4.90 Å². The highest BCUT2D eigenvalue weighted by Crippen LogP contribution is 2.30. The van der Waals surface area contributed by atoms with Crippen LogP contribution in [0.5, 0.6) is 0 Å². The summed E-state index contributed by atoms with van der Waals surface area (Å²) in [7, 11) is -3.73. The number of aryl methyl sites for hydroxylation is 1. The van der Waals surface area contributed by atoms with Crippen LogP contribution >= 0.6 is 23.2 Å². The van der Waals surface area contributed by atoms with Crippen LogP contribution in [0.15, 0.2) is 47.4 Å². The highest BCUT2D eigenvalue weighted by molar-refractivity contribution is 7.93. The number of hydrogen-bond donors (Lipinski definition) is 0. The van der Waals surface area contributed by atoms with E-state index in [4.69, 9.17) is 23.2 Å². The molecule has 0 aliphatic rings. The topological polar surface area (TPSA) is 37.4 Å². The predicted octanol–water partition coefficient (Wildman–Crippen LogP) is 4.52. The van der Waals surface area contributed by atoms with E-state index in [1.165, 1.54) is 22.5 Å². The molecule has 0 N–H and O–H groups in total. The summed E-state index contributed by atoms with van der Waals surface area (Å²) < 4.78 is 26.9. The first-order valence-corrected chi connectivity index (χ1v) is 8.60. The molecule has 0 heterocycles. The molecule has 0 aliphatic heterocycles. The van der Waals surface area contributed by atoms with E-state index in [1.807, 2.05) is 25.1 Å². The minimum Gasteiger partial charge on any atom is -0.267 e. The molecule has 2 aromatic rings. The lowest BCUT2D eigenvalue weighted by Gasteiger charge is -2.23. The number of anilines is 1. The van der Waals surface area contributed by atoms with Crippen LogP contribution in [0, 0.1) is 6.92 Å². The maximum absolute atomic E-state index is 12.8. The molecule has 0 bridgehead atoms. The van der Waals surface area contributed by atoms with Crippen molar-refractivity contribution in [3.63, 3.8) is 0 Å². The molecule has 112 valence electrons. The first-order valence-electron chi connectivity index (χ1n) is 6.40. The Labute approximate surface area is 135 Å². The van der Waals surface area contributed by atoms with Crippen molar-refractivity contribution in [2.24, 2.45) is 0 Å². The molecular weight excluding hydrogens is 329 g/mol.